The van der Waals surface area contributed by atoms with Crippen molar-refractivity contribution in [2.24, 2.45) is 17.8 Å². The number of aryl methyl sites for hydroxylation is 1. The Morgan fingerprint density at radius 3 is 2.71 bits per heavy atom. The monoisotopic (exact) mass is 303 g/mol. The first-order chi connectivity index (χ1) is 9.86. The molecule has 1 fully saturated rings. The lowest BCUT2D eigenvalue weighted by atomic mass is 9.96. The van der Waals surface area contributed by atoms with E-state index in [1.165, 1.54) is 19.7 Å². The molecule has 1 aromatic heterocycles. The van der Waals surface area contributed by atoms with Gasteiger partial charge in [0, 0.05) is 24.8 Å². The lowest BCUT2D eigenvalue weighted by Crippen LogP contribution is -2.41. The smallest absolute Gasteiger partial charge is 0.370 e. The quantitative estimate of drug-likeness (QED) is 0.664. The summed E-state index contributed by atoms with van der Waals surface area (Å²) in [6, 6.07) is 0.276. The van der Waals surface area contributed by atoms with E-state index < -0.39 is 11.9 Å². The van der Waals surface area contributed by atoms with Crippen molar-refractivity contribution in [1.82, 2.24) is 15.1 Å². The second-order valence-corrected chi connectivity index (χ2v) is 5.36. The van der Waals surface area contributed by atoms with Crippen LogP contribution >= 0.6 is 0 Å². The second kappa shape index (κ2) is 6.36. The number of nitrogens with zero attached hydrogens (tertiary/aromatic N) is 3. The van der Waals surface area contributed by atoms with Gasteiger partial charge < -0.3 is 11.1 Å². The number of rotatable bonds is 3. The fourth-order valence-electron chi connectivity index (χ4n) is 2.56. The number of aromatic nitrogens is 2. The molecule has 2 rings (SSSR count). The van der Waals surface area contributed by atoms with Gasteiger partial charge >= 0.3 is 6.18 Å². The maximum Gasteiger partial charge on any atom is 0.435 e. The van der Waals surface area contributed by atoms with Crippen LogP contribution in [0.25, 0.3) is 0 Å². The summed E-state index contributed by atoms with van der Waals surface area (Å²) in [4.78, 5) is 4.01. The van der Waals surface area contributed by atoms with Crippen molar-refractivity contribution in [2.45, 2.75) is 50.9 Å². The molecule has 0 atom stereocenters. The normalized spacial score (nSPS) is 18.0. The van der Waals surface area contributed by atoms with Crippen LogP contribution in [-0.4, -0.2) is 21.8 Å². The molecule has 1 heterocycles. The molecule has 0 amide bonds. The third-order valence-electron chi connectivity index (χ3n) is 3.55. The summed E-state index contributed by atoms with van der Waals surface area (Å²) >= 11 is 0. The number of halogens is 3. The van der Waals surface area contributed by atoms with E-state index in [4.69, 9.17) is 5.73 Å². The van der Waals surface area contributed by atoms with Crippen molar-refractivity contribution < 1.29 is 13.2 Å². The van der Waals surface area contributed by atoms with Crippen LogP contribution in [0, 0.1) is 0 Å². The van der Waals surface area contributed by atoms with Crippen molar-refractivity contribution in [3.8, 4) is 0 Å². The first kappa shape index (κ1) is 15.7. The van der Waals surface area contributed by atoms with E-state index in [0.717, 1.165) is 30.4 Å². The minimum Gasteiger partial charge on any atom is -0.370 e. The minimum absolute atomic E-state index is 0.0263. The maximum atomic E-state index is 12.8. The number of hydrogen-bond donors (Lipinski definition) is 2. The molecule has 118 valence electrons. The van der Waals surface area contributed by atoms with Crippen LogP contribution in [0.1, 0.15) is 43.4 Å². The van der Waals surface area contributed by atoms with Gasteiger partial charge in [0.2, 0.25) is 0 Å². The predicted molar refractivity (Wildman–Crippen MR) is 73.5 cm³/mol. The summed E-state index contributed by atoms with van der Waals surface area (Å²) in [5, 5.41) is 6.51. The Morgan fingerprint density at radius 1 is 1.43 bits per heavy atom. The number of nitrogens with one attached hydrogen (secondary N) is 1. The fraction of sp³-hybridized carbons (Fsp3) is 0.692. The number of aliphatic imine (C=N–C) groups is 1. The van der Waals surface area contributed by atoms with Crippen LogP contribution in [0.4, 0.5) is 13.2 Å². The largest absolute Gasteiger partial charge is 0.435 e. The molecule has 0 bridgehead atoms. The highest BCUT2D eigenvalue weighted by molar-refractivity contribution is 5.78. The molecule has 1 aromatic rings. The van der Waals surface area contributed by atoms with Gasteiger partial charge in [-0.3, -0.25) is 4.68 Å². The molecule has 8 heteroatoms. The highest BCUT2D eigenvalue weighted by Gasteiger charge is 2.36. The molecule has 3 N–H and O–H groups in total. The van der Waals surface area contributed by atoms with Crippen molar-refractivity contribution in [2.75, 3.05) is 0 Å². The molecular weight excluding hydrogens is 283 g/mol. The number of nitrogens with two attached hydrogens (primary N) is 1. The summed E-state index contributed by atoms with van der Waals surface area (Å²) in [6.45, 7) is -0.131. The SMILES string of the molecule is Cn1cc(CN=C(N)NC2CCCCC2)c(C(F)(F)F)n1. The van der Waals surface area contributed by atoms with Crippen molar-refractivity contribution in [3.05, 3.63) is 17.5 Å². The van der Waals surface area contributed by atoms with E-state index in [1.807, 2.05) is 0 Å². The van der Waals surface area contributed by atoms with Crippen LogP contribution in [0.5, 0.6) is 0 Å². The minimum atomic E-state index is -4.47. The lowest BCUT2D eigenvalue weighted by molar-refractivity contribution is -0.142. The molecule has 1 saturated carbocycles. The molecule has 0 aliphatic heterocycles. The average Bonchev–Trinajstić information content (AvgIpc) is 2.79. The molecule has 0 radical (unpaired) electrons. The first-order valence-corrected chi connectivity index (χ1v) is 7.02. The molecule has 21 heavy (non-hydrogen) atoms. The van der Waals surface area contributed by atoms with E-state index in [1.54, 1.807) is 0 Å². The van der Waals surface area contributed by atoms with Gasteiger partial charge in [-0.25, -0.2) is 4.99 Å². The Bertz CT molecular complexity index is 500. The zero-order valence-electron chi connectivity index (χ0n) is 12.0. The van der Waals surface area contributed by atoms with E-state index in [2.05, 4.69) is 15.4 Å². The lowest BCUT2D eigenvalue weighted by Gasteiger charge is -2.23. The number of alkyl halides is 3. The summed E-state index contributed by atoms with van der Waals surface area (Å²) < 4.78 is 39.5. The topological polar surface area (TPSA) is 68.2 Å². The summed E-state index contributed by atoms with van der Waals surface area (Å²) in [5.41, 5.74) is 4.87. The Morgan fingerprint density at radius 2 is 2.10 bits per heavy atom. The maximum absolute atomic E-state index is 12.8. The third-order valence-corrected chi connectivity index (χ3v) is 3.55. The van der Waals surface area contributed by atoms with Gasteiger partial charge in [-0.2, -0.15) is 18.3 Å². The first-order valence-electron chi connectivity index (χ1n) is 7.02. The van der Waals surface area contributed by atoms with Gasteiger partial charge in [0.1, 0.15) is 0 Å². The van der Waals surface area contributed by atoms with Crippen LogP contribution in [0.3, 0.4) is 0 Å². The van der Waals surface area contributed by atoms with E-state index in [0.29, 0.717) is 0 Å². The zero-order chi connectivity index (χ0) is 15.5. The number of guanidine groups is 1. The predicted octanol–water partition coefficient (Wildman–Crippen LogP) is 2.18. The molecule has 0 aromatic carbocycles. The van der Waals surface area contributed by atoms with Gasteiger partial charge in [-0.05, 0) is 12.8 Å². The molecule has 0 saturated heterocycles. The van der Waals surface area contributed by atoms with Gasteiger partial charge in [0.25, 0.3) is 0 Å². The summed E-state index contributed by atoms with van der Waals surface area (Å²) in [7, 11) is 1.45. The number of hydrogen-bond acceptors (Lipinski definition) is 2. The van der Waals surface area contributed by atoms with Gasteiger partial charge in [-0.15, -0.1) is 0 Å². The third kappa shape index (κ3) is 4.37. The molecule has 1 aliphatic rings. The van der Waals surface area contributed by atoms with Crippen molar-refractivity contribution in [1.29, 1.82) is 0 Å². The van der Waals surface area contributed by atoms with Gasteiger partial charge in [0.05, 0.1) is 6.54 Å². The summed E-state index contributed by atoms with van der Waals surface area (Å²) in [5.74, 6) is 0.193. The molecule has 1 aliphatic carbocycles. The zero-order valence-corrected chi connectivity index (χ0v) is 12.0. The molecule has 0 unspecified atom stereocenters. The molecule has 0 spiro atoms. The van der Waals surface area contributed by atoms with Crippen molar-refractivity contribution >= 4 is 5.96 Å². The summed E-state index contributed by atoms with van der Waals surface area (Å²) in [6.07, 6.45) is 2.41. The highest BCUT2D eigenvalue weighted by atomic mass is 19.4. The van der Waals surface area contributed by atoms with Crippen LogP contribution in [0.2, 0.25) is 0 Å². The van der Waals surface area contributed by atoms with Crippen LogP contribution in [0.15, 0.2) is 11.2 Å². The fourth-order valence-corrected chi connectivity index (χ4v) is 2.56. The van der Waals surface area contributed by atoms with Crippen LogP contribution in [-0.2, 0) is 19.8 Å². The van der Waals surface area contributed by atoms with E-state index in [-0.39, 0.29) is 24.1 Å². The van der Waals surface area contributed by atoms with E-state index in [9.17, 15) is 13.2 Å². The Kier molecular flexibility index (Phi) is 4.74. The van der Waals surface area contributed by atoms with Gasteiger partial charge in [-0.1, -0.05) is 19.3 Å². The highest BCUT2D eigenvalue weighted by Crippen LogP contribution is 2.30. The van der Waals surface area contributed by atoms with Gasteiger partial charge in [0.15, 0.2) is 11.7 Å². The molecular formula is C13H20F3N5. The van der Waals surface area contributed by atoms with E-state index >= 15 is 0 Å². The Hall–Kier alpha value is -1.73. The standard InChI is InChI=1S/C13H20F3N5/c1-21-8-9(11(20-21)13(14,15)16)7-18-12(17)19-10-5-3-2-4-6-10/h8,10H,2-7H2,1H3,(H3,17,18,19). The Balaban J connectivity index is 1.99. The Labute approximate surface area is 121 Å². The van der Waals surface area contributed by atoms with Crippen molar-refractivity contribution in [3.63, 3.8) is 0 Å². The van der Waals surface area contributed by atoms with Crippen LogP contribution < -0.4 is 11.1 Å². The second-order valence-electron chi connectivity index (χ2n) is 5.36. The molecule has 5 nitrogen and oxygen atoms in total. The average molecular weight is 303 g/mol.